The van der Waals surface area contributed by atoms with Crippen LogP contribution in [0.1, 0.15) is 62.1 Å². The van der Waals surface area contributed by atoms with Crippen LogP contribution >= 0.6 is 52.0 Å². The minimum atomic E-state index is -2.94. The number of carbonyl (C=O) groups excluding carboxylic acids is 2. The molecule has 5 atom stereocenters. The van der Waals surface area contributed by atoms with Crippen molar-refractivity contribution in [1.82, 2.24) is 25.3 Å². The van der Waals surface area contributed by atoms with E-state index in [2.05, 4.69) is 25.6 Å². The van der Waals surface area contributed by atoms with Crippen molar-refractivity contribution < 1.29 is 56.9 Å². The quantitative estimate of drug-likeness (QED) is 0.0436. The van der Waals surface area contributed by atoms with Crippen molar-refractivity contribution in [2.45, 2.75) is 63.9 Å². The Morgan fingerprint density at radius 2 is 1.78 bits per heavy atom. The third-order valence-corrected chi connectivity index (χ3v) is 13.0. The Hall–Kier alpha value is -4.55. The predicted molar refractivity (Wildman–Crippen MR) is 229 cm³/mol. The van der Waals surface area contributed by atoms with Crippen LogP contribution in [0.2, 0.25) is 15.3 Å². The Kier molecular flexibility index (Phi) is 10.5. The number of nitrogens with one attached hydrogen (secondary N) is 3. The second-order valence-electron chi connectivity index (χ2n) is 16.1. The summed E-state index contributed by atoms with van der Waals surface area (Å²) in [6.07, 6.45) is -2.23. The van der Waals surface area contributed by atoms with Crippen molar-refractivity contribution in [3.8, 4) is 39.8 Å². The zero-order valence-corrected chi connectivity index (χ0v) is 37.3. The molecule has 0 aliphatic carbocycles. The van der Waals surface area contributed by atoms with Crippen molar-refractivity contribution >= 4 is 80.4 Å². The van der Waals surface area contributed by atoms with Gasteiger partial charge in [-0.2, -0.15) is 14.4 Å². The van der Waals surface area contributed by atoms with Crippen molar-refractivity contribution in [3.05, 3.63) is 92.2 Å². The standard InChI is InChI=1S/C40H35Cl3N6O12P2/c1-14(2)27-37-46-29-32(58-37)40-20-10-16(11-22(35(50)45-27)44-36(51)30(15(3)4)59-61-63(54)55)8-9-24(20)56-39(40)47-28-19(12-17(41)13-21(28)40)18-6-5-7-23-25(18)26(31-33(42)48-38(29)57-31)34(43)49(23)60-62(52)53/h5-10,12-15,22,27,30,39,47,52-55H,11H2,1-4H3,(H,44,51)(H,45,50)/t22-,27?,30-,39?,40?/m0/s1. The van der Waals surface area contributed by atoms with Gasteiger partial charge >= 0.3 is 17.2 Å². The summed E-state index contributed by atoms with van der Waals surface area (Å²) in [6, 6.07) is 12.2. The van der Waals surface area contributed by atoms with E-state index in [0.29, 0.717) is 55.2 Å². The van der Waals surface area contributed by atoms with Crippen LogP contribution in [0.15, 0.2) is 57.4 Å². The van der Waals surface area contributed by atoms with Gasteiger partial charge in [0.15, 0.2) is 39.9 Å². The molecule has 3 unspecified atom stereocenters. The van der Waals surface area contributed by atoms with Crippen molar-refractivity contribution in [2.75, 3.05) is 5.32 Å². The second kappa shape index (κ2) is 15.6. The number of ether oxygens (including phenoxy) is 1. The highest BCUT2D eigenvalue weighted by Gasteiger charge is 2.62. The molecule has 10 rings (SSSR count). The zero-order valence-electron chi connectivity index (χ0n) is 33.2. The first-order valence-corrected chi connectivity index (χ1v) is 22.9. The number of fused-ring (bicyclic) bond motifs is 7. The molecule has 18 nitrogen and oxygen atoms in total. The molecule has 23 heteroatoms. The summed E-state index contributed by atoms with van der Waals surface area (Å²) in [7, 11) is -5.88. The summed E-state index contributed by atoms with van der Waals surface area (Å²) in [5.41, 5.74) is 2.92. The van der Waals surface area contributed by atoms with Gasteiger partial charge in [-0.1, -0.05) is 86.8 Å². The molecule has 0 saturated heterocycles. The van der Waals surface area contributed by atoms with Gasteiger partial charge in [0.25, 0.3) is 11.8 Å². The lowest BCUT2D eigenvalue weighted by molar-refractivity contribution is -0.254. The van der Waals surface area contributed by atoms with Gasteiger partial charge in [-0.15, -0.1) is 0 Å². The Balaban J connectivity index is 1.25. The fourth-order valence-electron chi connectivity index (χ4n) is 8.99. The Morgan fingerprint density at radius 3 is 2.51 bits per heavy atom. The van der Waals surface area contributed by atoms with Gasteiger partial charge in [-0.3, -0.25) is 9.59 Å². The van der Waals surface area contributed by atoms with Crippen LogP contribution in [0.25, 0.3) is 44.9 Å². The van der Waals surface area contributed by atoms with Crippen LogP contribution in [0.5, 0.6) is 5.75 Å². The summed E-state index contributed by atoms with van der Waals surface area (Å²) < 4.78 is 31.5. The number of aromatic nitrogens is 3. The molecule has 7 N–H and O–H groups in total. The minimum Gasteiger partial charge on any atom is -0.469 e. The summed E-state index contributed by atoms with van der Waals surface area (Å²) in [6.45, 7) is 7.07. The number of benzene rings is 3. The molecule has 0 fully saturated rings. The molecule has 7 heterocycles. The number of amides is 2. The molecule has 10 bridgehead atoms. The highest BCUT2D eigenvalue weighted by molar-refractivity contribution is 7.39. The van der Waals surface area contributed by atoms with Gasteiger partial charge in [0, 0.05) is 39.2 Å². The van der Waals surface area contributed by atoms with E-state index in [-0.39, 0.29) is 57.2 Å². The van der Waals surface area contributed by atoms with Crippen molar-refractivity contribution in [3.63, 3.8) is 0 Å². The normalized spacial score (nSPS) is 20.9. The molecular weight excluding hydrogens is 925 g/mol. The molecule has 1 spiro atoms. The van der Waals surface area contributed by atoms with Crippen LogP contribution in [0.4, 0.5) is 5.69 Å². The van der Waals surface area contributed by atoms with Crippen LogP contribution in [-0.2, 0) is 31.0 Å². The lowest BCUT2D eigenvalue weighted by Gasteiger charge is -2.29. The topological polar surface area (TPSA) is 245 Å². The zero-order chi connectivity index (χ0) is 44.4. The number of anilines is 1. The van der Waals surface area contributed by atoms with E-state index in [4.69, 9.17) is 62.9 Å². The Morgan fingerprint density at radius 1 is 0.984 bits per heavy atom. The maximum absolute atomic E-state index is 14.5. The molecule has 328 valence electrons. The fraction of sp³-hybridized carbons (Fsp3) is 0.300. The first kappa shape index (κ1) is 42.4. The third kappa shape index (κ3) is 6.61. The summed E-state index contributed by atoms with van der Waals surface area (Å²) >= 11 is 21.2. The number of halogens is 3. The molecule has 63 heavy (non-hydrogen) atoms. The first-order chi connectivity index (χ1) is 30.1. The maximum Gasteiger partial charge on any atom is 0.412 e. The SMILES string of the molecule is CC(C)C1NC(=O)[C@@H](NC(=O)[C@@H](OOP(O)O)C(C)C)Cc2ccc3c(c2)C24c5cc(Cl)cc(c5NC2O3)-c2cccc3c2c(c(Cl)n3OP(O)O)-c2oc(nc2Cl)-c2nc1oc24. The predicted octanol–water partition coefficient (Wildman–Crippen LogP) is 7.05. The van der Waals surface area contributed by atoms with Gasteiger partial charge in [0.2, 0.25) is 11.8 Å². The third-order valence-electron chi connectivity index (χ3n) is 11.6. The van der Waals surface area contributed by atoms with Crippen LogP contribution in [0.3, 0.4) is 0 Å². The Labute approximate surface area is 374 Å². The average molecular weight is 960 g/mol. The van der Waals surface area contributed by atoms with Gasteiger partial charge in [0.05, 0.1) is 11.1 Å². The van der Waals surface area contributed by atoms with E-state index in [1.807, 2.05) is 32.0 Å². The molecule has 4 aliphatic heterocycles. The molecule has 3 aromatic heterocycles. The number of oxazole rings is 2. The fourth-order valence-corrected chi connectivity index (χ4v) is 10.3. The smallest absolute Gasteiger partial charge is 0.412 e. The second-order valence-corrected chi connectivity index (χ2v) is 18.6. The molecule has 6 aromatic rings. The number of nitrogens with zero attached hydrogens (tertiary/aromatic N) is 3. The van der Waals surface area contributed by atoms with E-state index in [9.17, 15) is 29.2 Å². The van der Waals surface area contributed by atoms with E-state index in [1.165, 1.54) is 0 Å². The largest absolute Gasteiger partial charge is 0.469 e. The van der Waals surface area contributed by atoms with Crippen molar-refractivity contribution in [2.24, 2.45) is 11.8 Å². The Bertz CT molecular complexity index is 2890. The molecule has 2 amide bonds. The number of hydrogen-bond donors (Lipinski definition) is 7. The van der Waals surface area contributed by atoms with E-state index in [1.54, 1.807) is 44.2 Å². The van der Waals surface area contributed by atoms with Gasteiger partial charge in [-0.25, -0.2) is 9.87 Å². The molecule has 4 aliphatic rings. The van der Waals surface area contributed by atoms with E-state index < -0.39 is 64.8 Å². The lowest BCUT2D eigenvalue weighted by atomic mass is 9.72. The van der Waals surface area contributed by atoms with Gasteiger partial charge in [0.1, 0.15) is 23.2 Å². The summed E-state index contributed by atoms with van der Waals surface area (Å²) in [4.78, 5) is 81.8. The van der Waals surface area contributed by atoms with Gasteiger partial charge < -0.3 is 53.7 Å². The molecule has 3 aromatic carbocycles. The molecular formula is C40H35Cl3N6O12P2. The average Bonchev–Trinajstić information content (AvgIpc) is 4.02. The minimum absolute atomic E-state index is 0.00796. The number of hydrogen-bond acceptors (Lipinski definition) is 15. The summed E-state index contributed by atoms with van der Waals surface area (Å²) in [5, 5.41) is 10.0. The molecule has 0 saturated carbocycles. The highest BCUT2D eigenvalue weighted by atomic mass is 35.5. The maximum atomic E-state index is 14.5. The molecule has 0 radical (unpaired) electrons. The number of rotatable bonds is 9. The number of carbonyl (C=O) groups is 2. The van der Waals surface area contributed by atoms with Crippen LogP contribution < -0.4 is 25.3 Å². The first-order valence-electron chi connectivity index (χ1n) is 19.5. The van der Waals surface area contributed by atoms with Crippen molar-refractivity contribution in [1.29, 1.82) is 0 Å². The monoisotopic (exact) mass is 958 g/mol. The van der Waals surface area contributed by atoms with Crippen LogP contribution in [-0.4, -0.2) is 64.5 Å². The van der Waals surface area contributed by atoms with E-state index in [0.717, 1.165) is 4.73 Å². The highest BCUT2D eigenvalue weighted by Crippen LogP contribution is 2.62. The van der Waals surface area contributed by atoms with Gasteiger partial charge in [-0.05, 0) is 47.2 Å². The summed E-state index contributed by atoms with van der Waals surface area (Å²) in [5.74, 6) is -1.48. The van der Waals surface area contributed by atoms with E-state index >= 15 is 0 Å². The lowest BCUT2D eigenvalue weighted by Crippen LogP contribution is -2.53. The van der Waals surface area contributed by atoms with Crippen LogP contribution in [0, 0.1) is 11.8 Å².